The third kappa shape index (κ3) is 2.32. The maximum Gasteiger partial charge on any atom is 0.338 e. The molecule has 0 unspecified atom stereocenters. The third-order valence-electron chi connectivity index (χ3n) is 4.56. The number of hydrogen-bond acceptors (Lipinski definition) is 3. The summed E-state index contributed by atoms with van der Waals surface area (Å²) < 4.78 is 0. The molecule has 2 N–H and O–H groups in total. The maximum atomic E-state index is 12.1. The Balaban J connectivity index is 1.83. The summed E-state index contributed by atoms with van der Waals surface area (Å²) in [6, 6.07) is 7.10. The Hall–Kier alpha value is -2.27. The Morgan fingerprint density at radius 1 is 1.22 bits per heavy atom. The van der Waals surface area contributed by atoms with Crippen LogP contribution in [0.4, 0.5) is 10.5 Å². The van der Waals surface area contributed by atoms with Gasteiger partial charge in [-0.1, -0.05) is 11.6 Å². The van der Waals surface area contributed by atoms with Crippen molar-refractivity contribution in [3.05, 3.63) is 46.8 Å². The Bertz CT molecular complexity index is 832. The second kappa shape index (κ2) is 5.42. The monoisotopic (exact) mass is 328 g/mol. The molecule has 118 valence electrons. The highest BCUT2D eigenvalue weighted by molar-refractivity contribution is 6.31. The number of allylic oxidation sites excluding steroid dienone is 1. The topological polar surface area (TPSA) is 62.5 Å². The summed E-state index contributed by atoms with van der Waals surface area (Å²) >= 11 is 6.06. The van der Waals surface area contributed by atoms with Crippen LogP contribution in [-0.4, -0.2) is 22.6 Å². The molecule has 2 heterocycles. The minimum atomic E-state index is -0.434. The van der Waals surface area contributed by atoms with Crippen molar-refractivity contribution in [1.82, 2.24) is 9.99 Å². The number of primary amides is 1. The van der Waals surface area contributed by atoms with Gasteiger partial charge in [0, 0.05) is 22.3 Å². The van der Waals surface area contributed by atoms with E-state index in [1.165, 1.54) is 12.0 Å². The standard InChI is InChI=1S/C17H17ClN4O/c18-12-5-6-13-14(9-12)20-8-7-16(13)21-10-11-3-1-2-4-15(11)22(21)17(19)23/h5-9H,1-4,10H2,(H2,19,23). The van der Waals surface area contributed by atoms with E-state index in [9.17, 15) is 4.79 Å². The predicted octanol–water partition coefficient (Wildman–Crippen LogP) is 3.83. The summed E-state index contributed by atoms with van der Waals surface area (Å²) in [5.41, 5.74) is 9.80. The van der Waals surface area contributed by atoms with Crippen molar-refractivity contribution in [2.75, 3.05) is 11.6 Å². The van der Waals surface area contributed by atoms with Gasteiger partial charge >= 0.3 is 6.03 Å². The average Bonchev–Trinajstić information content (AvgIpc) is 2.93. The van der Waals surface area contributed by atoms with Gasteiger partial charge in [0.05, 0.1) is 17.7 Å². The second-order valence-electron chi connectivity index (χ2n) is 5.96. The van der Waals surface area contributed by atoms with Crippen LogP contribution in [0.25, 0.3) is 10.9 Å². The minimum Gasteiger partial charge on any atom is -0.350 e. The molecule has 6 heteroatoms. The largest absolute Gasteiger partial charge is 0.350 e. The number of hydrogen-bond donors (Lipinski definition) is 1. The molecular weight excluding hydrogens is 312 g/mol. The Kier molecular flexibility index (Phi) is 3.38. The number of halogens is 1. The lowest BCUT2D eigenvalue weighted by atomic mass is 9.97. The van der Waals surface area contributed by atoms with Crippen LogP contribution in [0.3, 0.4) is 0 Å². The van der Waals surface area contributed by atoms with Gasteiger partial charge in [0.25, 0.3) is 0 Å². The van der Waals surface area contributed by atoms with Gasteiger partial charge in [0.1, 0.15) is 0 Å². The van der Waals surface area contributed by atoms with Gasteiger partial charge in [-0.2, -0.15) is 0 Å². The van der Waals surface area contributed by atoms with E-state index < -0.39 is 6.03 Å². The fourth-order valence-corrected chi connectivity index (χ4v) is 3.72. The summed E-state index contributed by atoms with van der Waals surface area (Å²) in [5, 5.41) is 5.21. The van der Waals surface area contributed by atoms with E-state index in [4.69, 9.17) is 17.3 Å². The maximum absolute atomic E-state index is 12.1. The third-order valence-corrected chi connectivity index (χ3v) is 4.79. The number of carbonyl (C=O) groups excluding carboxylic acids is 1. The molecular formula is C17H17ClN4O. The highest BCUT2D eigenvalue weighted by Crippen LogP contribution is 2.39. The highest BCUT2D eigenvalue weighted by Gasteiger charge is 2.35. The molecule has 1 aromatic heterocycles. The van der Waals surface area contributed by atoms with E-state index in [-0.39, 0.29) is 0 Å². The van der Waals surface area contributed by atoms with E-state index in [0.717, 1.165) is 41.5 Å². The van der Waals surface area contributed by atoms with Crippen LogP contribution in [-0.2, 0) is 0 Å². The predicted molar refractivity (Wildman–Crippen MR) is 91.0 cm³/mol. The number of carbonyl (C=O) groups is 1. The van der Waals surface area contributed by atoms with Crippen molar-refractivity contribution in [2.24, 2.45) is 5.73 Å². The van der Waals surface area contributed by atoms with Crippen LogP contribution in [0, 0.1) is 0 Å². The molecule has 1 aliphatic heterocycles. The van der Waals surface area contributed by atoms with Crippen molar-refractivity contribution in [2.45, 2.75) is 25.7 Å². The first-order chi connectivity index (χ1) is 11.1. The molecule has 1 aliphatic carbocycles. The van der Waals surface area contributed by atoms with Crippen LogP contribution >= 0.6 is 11.6 Å². The zero-order valence-corrected chi connectivity index (χ0v) is 13.4. The molecule has 2 aromatic rings. The number of hydrazine groups is 1. The van der Waals surface area contributed by atoms with Crippen LogP contribution in [0.2, 0.25) is 5.02 Å². The number of anilines is 1. The number of benzene rings is 1. The molecule has 1 aromatic carbocycles. The lowest BCUT2D eigenvalue weighted by molar-refractivity contribution is 0.219. The van der Waals surface area contributed by atoms with Gasteiger partial charge in [-0.25, -0.2) is 9.80 Å². The summed E-state index contributed by atoms with van der Waals surface area (Å²) in [4.78, 5) is 16.4. The van der Waals surface area contributed by atoms with Crippen molar-refractivity contribution in [3.8, 4) is 0 Å². The SMILES string of the molecule is NC(=O)N1C2=C(CCCC2)CN1c1ccnc2cc(Cl)ccc12. The Labute approximate surface area is 139 Å². The number of nitrogens with zero attached hydrogens (tertiary/aromatic N) is 3. The fraction of sp³-hybridized carbons (Fsp3) is 0.294. The highest BCUT2D eigenvalue weighted by atomic mass is 35.5. The number of amides is 2. The van der Waals surface area contributed by atoms with Crippen LogP contribution in [0.15, 0.2) is 41.7 Å². The molecule has 4 rings (SSSR count). The number of rotatable bonds is 1. The van der Waals surface area contributed by atoms with Crippen molar-refractivity contribution >= 4 is 34.2 Å². The van der Waals surface area contributed by atoms with Gasteiger partial charge in [-0.05, 0) is 55.5 Å². The first-order valence-electron chi connectivity index (χ1n) is 7.77. The van der Waals surface area contributed by atoms with Crippen LogP contribution in [0.5, 0.6) is 0 Å². The Morgan fingerprint density at radius 2 is 2.04 bits per heavy atom. The molecule has 0 saturated heterocycles. The van der Waals surface area contributed by atoms with Crippen molar-refractivity contribution in [3.63, 3.8) is 0 Å². The molecule has 2 aliphatic rings. The number of fused-ring (bicyclic) bond motifs is 1. The smallest absolute Gasteiger partial charge is 0.338 e. The minimum absolute atomic E-state index is 0.434. The first kappa shape index (κ1) is 14.3. The van der Waals surface area contributed by atoms with Crippen molar-refractivity contribution in [1.29, 1.82) is 0 Å². The van der Waals surface area contributed by atoms with Gasteiger partial charge in [0.15, 0.2) is 0 Å². The summed E-state index contributed by atoms with van der Waals surface area (Å²) in [7, 11) is 0. The summed E-state index contributed by atoms with van der Waals surface area (Å²) in [5.74, 6) is 0. The summed E-state index contributed by atoms with van der Waals surface area (Å²) in [6.07, 6.45) is 5.95. The van der Waals surface area contributed by atoms with E-state index in [1.807, 2.05) is 29.3 Å². The van der Waals surface area contributed by atoms with E-state index in [1.54, 1.807) is 11.2 Å². The van der Waals surface area contributed by atoms with E-state index in [2.05, 4.69) is 4.98 Å². The van der Waals surface area contributed by atoms with Crippen molar-refractivity contribution < 1.29 is 4.79 Å². The zero-order valence-electron chi connectivity index (χ0n) is 12.6. The van der Waals surface area contributed by atoms with E-state index in [0.29, 0.717) is 11.6 Å². The molecule has 0 fully saturated rings. The van der Waals surface area contributed by atoms with Gasteiger partial charge in [-0.3, -0.25) is 9.99 Å². The molecule has 23 heavy (non-hydrogen) atoms. The number of aromatic nitrogens is 1. The summed E-state index contributed by atoms with van der Waals surface area (Å²) in [6.45, 7) is 0.708. The normalized spacial score (nSPS) is 17.8. The fourth-order valence-electron chi connectivity index (χ4n) is 3.55. The average molecular weight is 329 g/mol. The molecule has 5 nitrogen and oxygen atoms in total. The second-order valence-corrected chi connectivity index (χ2v) is 6.39. The lowest BCUT2D eigenvalue weighted by Gasteiger charge is -2.31. The van der Waals surface area contributed by atoms with Gasteiger partial charge in [-0.15, -0.1) is 0 Å². The number of pyridine rings is 1. The van der Waals surface area contributed by atoms with Gasteiger partial charge in [0.2, 0.25) is 0 Å². The Morgan fingerprint density at radius 3 is 2.87 bits per heavy atom. The van der Waals surface area contributed by atoms with E-state index >= 15 is 0 Å². The van der Waals surface area contributed by atoms with Crippen LogP contribution in [0.1, 0.15) is 25.7 Å². The molecule has 2 amide bonds. The number of nitrogens with two attached hydrogens (primary N) is 1. The lowest BCUT2D eigenvalue weighted by Crippen LogP contribution is -2.45. The molecule has 0 saturated carbocycles. The molecule has 0 bridgehead atoms. The zero-order chi connectivity index (χ0) is 16.0. The number of urea groups is 1. The molecule has 0 spiro atoms. The van der Waals surface area contributed by atoms with Gasteiger partial charge < -0.3 is 5.73 Å². The first-order valence-corrected chi connectivity index (χ1v) is 8.15. The quantitative estimate of drug-likeness (QED) is 0.865. The van der Waals surface area contributed by atoms with Crippen LogP contribution < -0.4 is 10.7 Å². The molecule has 0 atom stereocenters. The molecule has 0 radical (unpaired) electrons.